The number of aryl methyl sites for hydroxylation is 1. The van der Waals surface area contributed by atoms with Crippen LogP contribution in [0.15, 0.2) is 78.5 Å². The molecule has 3 aromatic carbocycles. The highest BCUT2D eigenvalue weighted by Crippen LogP contribution is 2.38. The molecule has 3 aromatic rings. The topological polar surface area (TPSA) is 67.9 Å². The first-order valence-electron chi connectivity index (χ1n) is 10.9. The third-order valence-corrected chi connectivity index (χ3v) is 5.50. The standard InChI is InChI=1S/C27H26N2O4/c1-4-18-10-14-20(15-11-18)28-25-24(19-12-16-21(32-3)17-13-19)26(30)29(27(25)31)22-8-6-7-9-23(22)33-5-2/h6-17,28H,4-5H2,1-3H3. The lowest BCUT2D eigenvalue weighted by Crippen LogP contribution is -2.32. The highest BCUT2D eigenvalue weighted by molar-refractivity contribution is 6.46. The van der Waals surface area contributed by atoms with Gasteiger partial charge in [0.05, 0.1) is 25.0 Å². The summed E-state index contributed by atoms with van der Waals surface area (Å²) in [6.07, 6.45) is 0.916. The van der Waals surface area contributed by atoms with Crippen LogP contribution in [0.4, 0.5) is 11.4 Å². The summed E-state index contributed by atoms with van der Waals surface area (Å²) in [6.45, 7) is 4.36. The minimum atomic E-state index is -0.433. The zero-order chi connectivity index (χ0) is 23.4. The Morgan fingerprint density at radius 1 is 0.848 bits per heavy atom. The van der Waals surface area contributed by atoms with Crippen LogP contribution in [0.5, 0.6) is 11.5 Å². The smallest absolute Gasteiger partial charge is 0.282 e. The van der Waals surface area contributed by atoms with E-state index in [1.54, 1.807) is 49.6 Å². The number of anilines is 2. The van der Waals surface area contributed by atoms with Gasteiger partial charge in [0.2, 0.25) is 0 Å². The molecule has 0 saturated carbocycles. The number of methoxy groups -OCH3 is 1. The van der Waals surface area contributed by atoms with Gasteiger partial charge >= 0.3 is 0 Å². The van der Waals surface area contributed by atoms with Gasteiger partial charge in [-0.2, -0.15) is 0 Å². The van der Waals surface area contributed by atoms with E-state index in [0.717, 1.165) is 12.1 Å². The fraction of sp³-hybridized carbons (Fsp3) is 0.185. The lowest BCUT2D eigenvalue weighted by molar-refractivity contribution is -0.120. The van der Waals surface area contributed by atoms with Crippen LogP contribution < -0.4 is 19.7 Å². The van der Waals surface area contributed by atoms with Crippen molar-refractivity contribution in [1.29, 1.82) is 0 Å². The number of carbonyl (C=O) groups excluding carboxylic acids is 2. The maximum atomic E-state index is 13.6. The molecule has 0 aromatic heterocycles. The summed E-state index contributed by atoms with van der Waals surface area (Å²) < 4.78 is 10.9. The molecule has 1 N–H and O–H groups in total. The molecule has 0 saturated heterocycles. The number of nitrogens with zero attached hydrogens (tertiary/aromatic N) is 1. The molecule has 6 heteroatoms. The molecule has 168 valence electrons. The summed E-state index contributed by atoms with van der Waals surface area (Å²) in [5.41, 5.74) is 3.48. The number of hydrogen-bond donors (Lipinski definition) is 1. The Bertz CT molecular complexity index is 1200. The number of para-hydroxylation sites is 2. The van der Waals surface area contributed by atoms with Gasteiger partial charge in [-0.05, 0) is 60.9 Å². The van der Waals surface area contributed by atoms with Crippen LogP contribution >= 0.6 is 0 Å². The highest BCUT2D eigenvalue weighted by atomic mass is 16.5. The van der Waals surface area contributed by atoms with E-state index in [1.165, 1.54) is 10.5 Å². The molecular formula is C27H26N2O4. The van der Waals surface area contributed by atoms with E-state index in [2.05, 4.69) is 12.2 Å². The maximum absolute atomic E-state index is 13.6. The SMILES string of the molecule is CCOc1ccccc1N1C(=O)C(Nc2ccc(CC)cc2)=C(c2ccc(OC)cc2)C1=O. The fourth-order valence-corrected chi connectivity index (χ4v) is 3.78. The van der Waals surface area contributed by atoms with Crippen LogP contribution in [0.3, 0.4) is 0 Å². The van der Waals surface area contributed by atoms with Crippen molar-refractivity contribution in [3.8, 4) is 11.5 Å². The minimum absolute atomic E-state index is 0.223. The summed E-state index contributed by atoms with van der Waals surface area (Å²) >= 11 is 0. The molecule has 1 aliphatic heterocycles. The monoisotopic (exact) mass is 442 g/mol. The van der Waals surface area contributed by atoms with E-state index in [-0.39, 0.29) is 5.70 Å². The summed E-state index contributed by atoms with van der Waals surface area (Å²) in [4.78, 5) is 28.4. The van der Waals surface area contributed by atoms with Crippen LogP contribution in [0, 0.1) is 0 Å². The van der Waals surface area contributed by atoms with Gasteiger partial charge in [0.25, 0.3) is 11.8 Å². The van der Waals surface area contributed by atoms with Crippen LogP contribution in [-0.4, -0.2) is 25.5 Å². The molecule has 0 unspecified atom stereocenters. The van der Waals surface area contributed by atoms with Gasteiger partial charge in [-0.15, -0.1) is 0 Å². The number of carbonyl (C=O) groups is 2. The van der Waals surface area contributed by atoms with Gasteiger partial charge < -0.3 is 14.8 Å². The van der Waals surface area contributed by atoms with Gasteiger partial charge in [-0.1, -0.05) is 43.3 Å². The van der Waals surface area contributed by atoms with E-state index >= 15 is 0 Å². The molecule has 0 spiro atoms. The minimum Gasteiger partial charge on any atom is -0.497 e. The summed E-state index contributed by atoms with van der Waals surface area (Å²) in [7, 11) is 1.58. The highest BCUT2D eigenvalue weighted by Gasteiger charge is 2.41. The second-order valence-electron chi connectivity index (χ2n) is 7.50. The van der Waals surface area contributed by atoms with Crippen molar-refractivity contribution in [1.82, 2.24) is 0 Å². The first kappa shape index (κ1) is 22.1. The van der Waals surface area contributed by atoms with E-state index in [1.807, 2.05) is 37.3 Å². The lowest BCUT2D eigenvalue weighted by Gasteiger charge is -2.19. The molecule has 0 radical (unpaired) electrons. The average Bonchev–Trinajstić information content (AvgIpc) is 3.09. The van der Waals surface area contributed by atoms with Crippen molar-refractivity contribution >= 4 is 28.8 Å². The number of imide groups is 1. The van der Waals surface area contributed by atoms with Crippen LogP contribution in [0.2, 0.25) is 0 Å². The predicted octanol–water partition coefficient (Wildman–Crippen LogP) is 5.05. The second kappa shape index (κ2) is 9.61. The zero-order valence-corrected chi connectivity index (χ0v) is 18.9. The molecule has 0 fully saturated rings. The van der Waals surface area contributed by atoms with Gasteiger partial charge in [-0.3, -0.25) is 9.59 Å². The fourth-order valence-electron chi connectivity index (χ4n) is 3.78. The molecule has 4 rings (SSSR count). The van der Waals surface area contributed by atoms with Crippen molar-refractivity contribution in [3.05, 3.63) is 89.6 Å². The molecule has 33 heavy (non-hydrogen) atoms. The zero-order valence-electron chi connectivity index (χ0n) is 18.9. The third-order valence-electron chi connectivity index (χ3n) is 5.50. The van der Waals surface area contributed by atoms with Crippen molar-refractivity contribution in [2.45, 2.75) is 20.3 Å². The maximum Gasteiger partial charge on any atom is 0.282 e. The predicted molar refractivity (Wildman–Crippen MR) is 129 cm³/mol. The number of benzene rings is 3. The Balaban J connectivity index is 1.80. The number of rotatable bonds is 8. The Hall–Kier alpha value is -4.06. The van der Waals surface area contributed by atoms with Crippen molar-refractivity contribution in [2.75, 3.05) is 23.9 Å². The Kier molecular flexibility index (Phi) is 6.45. The number of amides is 2. The Morgan fingerprint density at radius 2 is 1.55 bits per heavy atom. The first-order chi connectivity index (χ1) is 16.1. The molecule has 1 aliphatic rings. The molecule has 0 bridgehead atoms. The molecule has 0 aliphatic carbocycles. The lowest BCUT2D eigenvalue weighted by atomic mass is 10.0. The third kappa shape index (κ3) is 4.32. The Labute approximate surface area is 193 Å². The van der Waals surface area contributed by atoms with E-state index in [9.17, 15) is 9.59 Å². The largest absolute Gasteiger partial charge is 0.497 e. The van der Waals surface area contributed by atoms with Gasteiger partial charge in [0.15, 0.2) is 0 Å². The normalized spacial score (nSPS) is 13.5. The van der Waals surface area contributed by atoms with Crippen LogP contribution in [0.25, 0.3) is 5.57 Å². The average molecular weight is 443 g/mol. The number of ether oxygens (including phenoxy) is 2. The summed E-state index contributed by atoms with van der Waals surface area (Å²) in [6, 6.07) is 22.0. The number of hydrogen-bond acceptors (Lipinski definition) is 5. The molecular weight excluding hydrogens is 416 g/mol. The molecule has 2 amide bonds. The van der Waals surface area contributed by atoms with Crippen LogP contribution in [-0.2, 0) is 16.0 Å². The molecule has 6 nitrogen and oxygen atoms in total. The quantitative estimate of drug-likeness (QED) is 0.494. The summed E-state index contributed by atoms with van der Waals surface area (Å²) in [5.74, 6) is 0.297. The Morgan fingerprint density at radius 3 is 2.18 bits per heavy atom. The van der Waals surface area contributed by atoms with E-state index < -0.39 is 11.8 Å². The molecule has 1 heterocycles. The first-order valence-corrected chi connectivity index (χ1v) is 10.9. The second-order valence-corrected chi connectivity index (χ2v) is 7.50. The van der Waals surface area contributed by atoms with Crippen LogP contribution in [0.1, 0.15) is 25.0 Å². The summed E-state index contributed by atoms with van der Waals surface area (Å²) in [5, 5.41) is 3.20. The van der Waals surface area contributed by atoms with Gasteiger partial charge in [0.1, 0.15) is 17.2 Å². The van der Waals surface area contributed by atoms with Crippen molar-refractivity contribution in [2.24, 2.45) is 0 Å². The number of nitrogens with one attached hydrogen (secondary N) is 1. The van der Waals surface area contributed by atoms with Crippen molar-refractivity contribution in [3.63, 3.8) is 0 Å². The van der Waals surface area contributed by atoms with E-state index in [0.29, 0.717) is 34.9 Å². The van der Waals surface area contributed by atoms with Gasteiger partial charge in [-0.25, -0.2) is 4.90 Å². The molecule has 0 atom stereocenters. The van der Waals surface area contributed by atoms with Crippen molar-refractivity contribution < 1.29 is 19.1 Å². The van der Waals surface area contributed by atoms with Gasteiger partial charge in [0, 0.05) is 5.69 Å². The van der Waals surface area contributed by atoms with E-state index in [4.69, 9.17) is 9.47 Å².